The van der Waals surface area contributed by atoms with Crippen molar-refractivity contribution in [2.45, 2.75) is 37.6 Å². The molecule has 0 bridgehead atoms. The summed E-state index contributed by atoms with van der Waals surface area (Å²) in [4.78, 5) is 22.6. The lowest BCUT2D eigenvalue weighted by Crippen LogP contribution is -2.44. The van der Waals surface area contributed by atoms with Crippen molar-refractivity contribution < 1.29 is 4.52 Å². The summed E-state index contributed by atoms with van der Waals surface area (Å²) < 4.78 is 5.74. The Bertz CT molecular complexity index is 940. The molecule has 0 radical (unpaired) electrons. The van der Waals surface area contributed by atoms with E-state index in [4.69, 9.17) is 9.51 Å². The number of pyridine rings is 1. The number of nitrogens with zero attached hydrogens (tertiary/aromatic N) is 7. The van der Waals surface area contributed by atoms with Gasteiger partial charge in [-0.3, -0.25) is 14.9 Å². The minimum atomic E-state index is 0.149. The largest absolute Gasteiger partial charge is 0.339 e. The van der Waals surface area contributed by atoms with E-state index in [1.807, 2.05) is 18.5 Å². The second-order valence-electron chi connectivity index (χ2n) is 8.17. The Kier molecular flexibility index (Phi) is 5.50. The lowest BCUT2D eigenvalue weighted by Gasteiger charge is -2.36. The highest BCUT2D eigenvalue weighted by Crippen LogP contribution is 2.41. The molecular weight excluding hydrogens is 378 g/mol. The van der Waals surface area contributed by atoms with Gasteiger partial charge in [-0.1, -0.05) is 18.1 Å². The summed E-state index contributed by atoms with van der Waals surface area (Å²) in [5.74, 6) is 1.62. The normalized spacial score (nSPS) is 23.8. The molecule has 5 heterocycles. The molecule has 2 saturated heterocycles. The Hall–Kier alpha value is -2.71. The number of likely N-dealkylation sites (tertiary alicyclic amines) is 2. The van der Waals surface area contributed by atoms with Crippen molar-refractivity contribution in [3.8, 4) is 11.5 Å². The summed E-state index contributed by atoms with van der Waals surface area (Å²) in [7, 11) is 0. The standard InChI is InChI=1S/C22H27N7O/c1-2-28-10-5-17(6-11-28)29-14-18(16-4-3-7-23-12-16)19(15-29)22-26-21(27-30-22)20-13-24-8-9-25-20/h3-4,7-9,12-13,17-19H,2,5-6,10-11,14-15H2,1H3/t18-,19+/m0/s1. The summed E-state index contributed by atoms with van der Waals surface area (Å²) >= 11 is 0. The predicted octanol–water partition coefficient (Wildman–Crippen LogP) is 2.59. The van der Waals surface area contributed by atoms with Gasteiger partial charge in [0.25, 0.3) is 0 Å². The molecule has 2 fully saturated rings. The average Bonchev–Trinajstić information content (AvgIpc) is 3.48. The quantitative estimate of drug-likeness (QED) is 0.640. The minimum Gasteiger partial charge on any atom is -0.339 e. The molecule has 0 unspecified atom stereocenters. The van der Waals surface area contributed by atoms with E-state index in [0.29, 0.717) is 23.5 Å². The van der Waals surface area contributed by atoms with Crippen LogP contribution in [0, 0.1) is 0 Å². The smallest absolute Gasteiger partial charge is 0.232 e. The lowest BCUT2D eigenvalue weighted by molar-refractivity contribution is 0.128. The first-order valence-corrected chi connectivity index (χ1v) is 10.8. The van der Waals surface area contributed by atoms with Gasteiger partial charge >= 0.3 is 0 Å². The SMILES string of the molecule is CCN1CCC(N2C[C@@H](c3cccnc3)[C@H](c3nc(-c4cnccn4)no3)C2)CC1. The van der Waals surface area contributed by atoms with Crippen LogP contribution < -0.4 is 0 Å². The van der Waals surface area contributed by atoms with Gasteiger partial charge < -0.3 is 9.42 Å². The molecule has 8 nitrogen and oxygen atoms in total. The van der Waals surface area contributed by atoms with Gasteiger partial charge in [-0.15, -0.1) is 0 Å². The fourth-order valence-corrected chi connectivity index (χ4v) is 4.82. The monoisotopic (exact) mass is 405 g/mol. The van der Waals surface area contributed by atoms with E-state index < -0.39 is 0 Å². The molecule has 0 N–H and O–H groups in total. The first-order chi connectivity index (χ1) is 14.8. The van der Waals surface area contributed by atoms with Crippen LogP contribution in [0.15, 0.2) is 47.6 Å². The molecule has 0 aliphatic carbocycles. The van der Waals surface area contributed by atoms with Crippen molar-refractivity contribution in [3.63, 3.8) is 0 Å². The molecule has 3 aromatic rings. The van der Waals surface area contributed by atoms with Crippen LogP contribution in [0.1, 0.15) is 43.1 Å². The summed E-state index contributed by atoms with van der Waals surface area (Å²) in [6.07, 6.45) is 11.2. The molecular formula is C22H27N7O. The van der Waals surface area contributed by atoms with Gasteiger partial charge in [0, 0.05) is 49.8 Å². The van der Waals surface area contributed by atoms with Gasteiger partial charge in [-0.2, -0.15) is 4.98 Å². The topological polar surface area (TPSA) is 84.1 Å². The van der Waals surface area contributed by atoms with Crippen LogP contribution in [0.5, 0.6) is 0 Å². The van der Waals surface area contributed by atoms with E-state index in [2.05, 4.69) is 42.9 Å². The van der Waals surface area contributed by atoms with E-state index >= 15 is 0 Å². The van der Waals surface area contributed by atoms with E-state index in [-0.39, 0.29) is 11.8 Å². The van der Waals surface area contributed by atoms with Crippen molar-refractivity contribution in [1.82, 2.24) is 34.9 Å². The van der Waals surface area contributed by atoms with Crippen LogP contribution in [0.4, 0.5) is 0 Å². The van der Waals surface area contributed by atoms with Gasteiger partial charge in [0.15, 0.2) is 0 Å². The van der Waals surface area contributed by atoms with Crippen molar-refractivity contribution >= 4 is 0 Å². The summed E-state index contributed by atoms with van der Waals surface area (Å²) in [6.45, 7) is 7.67. The summed E-state index contributed by atoms with van der Waals surface area (Å²) in [6, 6.07) is 4.78. The van der Waals surface area contributed by atoms with Gasteiger partial charge in [-0.05, 0) is 44.1 Å². The predicted molar refractivity (Wildman–Crippen MR) is 112 cm³/mol. The Morgan fingerprint density at radius 1 is 1.03 bits per heavy atom. The third-order valence-corrected chi connectivity index (χ3v) is 6.53. The Morgan fingerprint density at radius 3 is 2.60 bits per heavy atom. The molecule has 2 aliphatic rings. The molecule has 0 aromatic carbocycles. The zero-order valence-electron chi connectivity index (χ0n) is 17.3. The van der Waals surface area contributed by atoms with Crippen LogP contribution in [0.3, 0.4) is 0 Å². The summed E-state index contributed by atoms with van der Waals surface area (Å²) in [5, 5.41) is 4.19. The number of aromatic nitrogens is 5. The highest BCUT2D eigenvalue weighted by molar-refractivity contribution is 5.45. The molecule has 3 aromatic heterocycles. The van der Waals surface area contributed by atoms with Crippen molar-refractivity contribution in [3.05, 3.63) is 54.6 Å². The molecule has 8 heteroatoms. The molecule has 0 amide bonds. The highest BCUT2D eigenvalue weighted by atomic mass is 16.5. The van der Waals surface area contributed by atoms with E-state index in [9.17, 15) is 0 Å². The minimum absolute atomic E-state index is 0.149. The van der Waals surface area contributed by atoms with Gasteiger partial charge in [0.1, 0.15) is 5.69 Å². The maximum absolute atomic E-state index is 5.74. The third-order valence-electron chi connectivity index (χ3n) is 6.53. The molecule has 0 saturated carbocycles. The lowest BCUT2D eigenvalue weighted by atomic mass is 9.90. The molecule has 2 aliphatic heterocycles. The number of piperidine rings is 1. The van der Waals surface area contributed by atoms with Crippen LogP contribution in [-0.4, -0.2) is 73.7 Å². The summed E-state index contributed by atoms with van der Waals surface area (Å²) in [5.41, 5.74) is 1.86. The third kappa shape index (κ3) is 3.85. The molecule has 156 valence electrons. The molecule has 30 heavy (non-hydrogen) atoms. The number of hydrogen-bond donors (Lipinski definition) is 0. The average molecular weight is 406 g/mol. The molecule has 5 rings (SSSR count). The zero-order valence-corrected chi connectivity index (χ0v) is 17.3. The molecule has 0 spiro atoms. The van der Waals surface area contributed by atoms with E-state index in [0.717, 1.165) is 19.6 Å². The van der Waals surface area contributed by atoms with E-state index in [1.165, 1.54) is 31.5 Å². The van der Waals surface area contributed by atoms with Crippen molar-refractivity contribution in [2.24, 2.45) is 0 Å². The Labute approximate surface area is 176 Å². The van der Waals surface area contributed by atoms with Crippen molar-refractivity contribution in [2.75, 3.05) is 32.7 Å². The Morgan fingerprint density at radius 2 is 1.87 bits per heavy atom. The van der Waals surface area contributed by atoms with Gasteiger partial charge in [0.05, 0.1) is 12.1 Å². The van der Waals surface area contributed by atoms with Crippen LogP contribution in [-0.2, 0) is 0 Å². The second kappa shape index (κ2) is 8.57. The fourth-order valence-electron chi connectivity index (χ4n) is 4.82. The van der Waals surface area contributed by atoms with E-state index in [1.54, 1.807) is 18.6 Å². The first kappa shape index (κ1) is 19.3. The maximum atomic E-state index is 5.74. The van der Waals surface area contributed by atoms with Crippen LogP contribution >= 0.6 is 0 Å². The number of hydrogen-bond acceptors (Lipinski definition) is 8. The fraction of sp³-hybridized carbons (Fsp3) is 0.500. The Balaban J connectivity index is 1.40. The van der Waals surface area contributed by atoms with Crippen LogP contribution in [0.25, 0.3) is 11.5 Å². The number of rotatable bonds is 5. The van der Waals surface area contributed by atoms with Crippen LogP contribution in [0.2, 0.25) is 0 Å². The second-order valence-corrected chi connectivity index (χ2v) is 8.17. The highest BCUT2D eigenvalue weighted by Gasteiger charge is 2.41. The van der Waals surface area contributed by atoms with Crippen molar-refractivity contribution in [1.29, 1.82) is 0 Å². The maximum Gasteiger partial charge on any atom is 0.232 e. The first-order valence-electron chi connectivity index (χ1n) is 10.8. The van der Waals surface area contributed by atoms with Gasteiger partial charge in [-0.25, -0.2) is 4.98 Å². The molecule has 2 atom stereocenters. The zero-order chi connectivity index (χ0) is 20.3. The van der Waals surface area contributed by atoms with Gasteiger partial charge in [0.2, 0.25) is 11.7 Å².